The minimum absolute atomic E-state index is 0.00116. The topological polar surface area (TPSA) is 108 Å². The molecule has 1 aliphatic carbocycles. The molecule has 0 spiro atoms. The molecular weight excluding hydrogens is 296 g/mol. The summed E-state index contributed by atoms with van der Waals surface area (Å²) >= 11 is 0. The molecule has 130 valence electrons. The van der Waals surface area contributed by atoms with Crippen molar-refractivity contribution in [3.63, 3.8) is 0 Å². The van der Waals surface area contributed by atoms with Crippen molar-refractivity contribution in [1.82, 2.24) is 25.5 Å². The Kier molecular flexibility index (Phi) is 6.47. The van der Waals surface area contributed by atoms with E-state index in [9.17, 15) is 4.79 Å². The van der Waals surface area contributed by atoms with E-state index in [0.29, 0.717) is 30.4 Å². The second-order valence-corrected chi connectivity index (χ2v) is 6.50. The number of carbonyl (C=O) groups excluding carboxylic acids is 1. The van der Waals surface area contributed by atoms with E-state index in [0.717, 1.165) is 25.7 Å². The van der Waals surface area contributed by atoms with Crippen LogP contribution in [0.15, 0.2) is 0 Å². The van der Waals surface area contributed by atoms with Gasteiger partial charge in [-0.15, -0.1) is 5.10 Å². The predicted molar refractivity (Wildman–Crippen MR) is 85.4 cm³/mol. The molecule has 1 aromatic heterocycles. The van der Waals surface area contributed by atoms with Crippen LogP contribution in [0.4, 0.5) is 0 Å². The van der Waals surface area contributed by atoms with Crippen LogP contribution in [-0.2, 0) is 16.1 Å². The lowest BCUT2D eigenvalue weighted by Gasteiger charge is -2.32. The number of hydrogen-bond acceptors (Lipinski definition) is 7. The van der Waals surface area contributed by atoms with Crippen LogP contribution in [0.3, 0.4) is 0 Å². The molecule has 0 aromatic carbocycles. The van der Waals surface area contributed by atoms with Crippen molar-refractivity contribution < 1.29 is 9.53 Å². The number of nitrogens with one attached hydrogen (secondary N) is 1. The van der Waals surface area contributed by atoms with Gasteiger partial charge < -0.3 is 15.8 Å². The lowest BCUT2D eigenvalue weighted by atomic mass is 9.90. The van der Waals surface area contributed by atoms with Crippen LogP contribution in [0.1, 0.15) is 58.3 Å². The molecule has 23 heavy (non-hydrogen) atoms. The summed E-state index contributed by atoms with van der Waals surface area (Å²) in [5.74, 6) is 0.660. The van der Waals surface area contributed by atoms with Crippen molar-refractivity contribution in [1.29, 1.82) is 0 Å². The normalized spacial score (nSPS) is 23.0. The molecule has 0 aliphatic heterocycles. The quantitative estimate of drug-likeness (QED) is 0.714. The molecule has 0 radical (unpaired) electrons. The first kappa shape index (κ1) is 17.8. The summed E-state index contributed by atoms with van der Waals surface area (Å²) in [5.41, 5.74) is 5.97. The third-order valence-electron chi connectivity index (χ3n) is 4.28. The minimum atomic E-state index is -0.327. The van der Waals surface area contributed by atoms with E-state index in [2.05, 4.69) is 34.7 Å². The van der Waals surface area contributed by atoms with E-state index in [1.54, 1.807) is 6.92 Å². The van der Waals surface area contributed by atoms with Gasteiger partial charge in [-0.05, 0) is 49.0 Å². The number of hydrogen-bond donors (Lipinski definition) is 2. The molecule has 0 bridgehead atoms. The standard InChI is InChI=1S/C15H28N6O2/c1-4-23-13(22)9-21-15(18-19-20-21)14(10(2)3)17-12-7-5-11(16)6-8-12/h10-12,14,17H,4-9,16H2,1-3H3. The Balaban J connectivity index is 2.06. The Morgan fingerprint density at radius 1 is 1.39 bits per heavy atom. The van der Waals surface area contributed by atoms with Gasteiger partial charge in [0.1, 0.15) is 6.54 Å². The van der Waals surface area contributed by atoms with E-state index in [4.69, 9.17) is 10.5 Å². The second-order valence-electron chi connectivity index (χ2n) is 6.50. The fourth-order valence-electron chi connectivity index (χ4n) is 2.98. The molecular formula is C15H28N6O2. The summed E-state index contributed by atoms with van der Waals surface area (Å²) in [4.78, 5) is 11.7. The van der Waals surface area contributed by atoms with Gasteiger partial charge in [0, 0.05) is 12.1 Å². The predicted octanol–water partition coefficient (Wildman–Crippen LogP) is 0.793. The van der Waals surface area contributed by atoms with E-state index in [1.807, 2.05) is 0 Å². The molecule has 1 atom stereocenters. The van der Waals surface area contributed by atoms with Crippen molar-refractivity contribution in [3.05, 3.63) is 5.82 Å². The average molecular weight is 324 g/mol. The van der Waals surface area contributed by atoms with Crippen LogP contribution in [0.25, 0.3) is 0 Å². The molecule has 1 heterocycles. The monoisotopic (exact) mass is 324 g/mol. The zero-order valence-electron chi connectivity index (χ0n) is 14.2. The molecule has 1 unspecified atom stereocenters. The number of esters is 1. The number of nitrogens with two attached hydrogens (primary N) is 1. The Morgan fingerprint density at radius 2 is 2.09 bits per heavy atom. The zero-order valence-corrected chi connectivity index (χ0v) is 14.2. The highest BCUT2D eigenvalue weighted by molar-refractivity contribution is 5.69. The Labute approximate surface area is 137 Å². The highest BCUT2D eigenvalue weighted by Gasteiger charge is 2.28. The summed E-state index contributed by atoms with van der Waals surface area (Å²) in [7, 11) is 0. The molecule has 8 nitrogen and oxygen atoms in total. The van der Waals surface area contributed by atoms with Crippen LogP contribution in [-0.4, -0.2) is 44.9 Å². The Morgan fingerprint density at radius 3 is 2.70 bits per heavy atom. The number of carbonyl (C=O) groups is 1. The van der Waals surface area contributed by atoms with Crippen molar-refractivity contribution in [2.75, 3.05) is 6.61 Å². The van der Waals surface area contributed by atoms with Crippen molar-refractivity contribution in [3.8, 4) is 0 Å². The number of rotatable bonds is 7. The highest BCUT2D eigenvalue weighted by Crippen LogP contribution is 2.24. The Bertz CT molecular complexity index is 496. The fraction of sp³-hybridized carbons (Fsp3) is 0.867. The average Bonchev–Trinajstić information content (AvgIpc) is 2.94. The van der Waals surface area contributed by atoms with E-state index in [-0.39, 0.29) is 18.6 Å². The van der Waals surface area contributed by atoms with Crippen molar-refractivity contribution in [2.24, 2.45) is 11.7 Å². The highest BCUT2D eigenvalue weighted by atomic mass is 16.5. The molecule has 1 aromatic rings. The number of ether oxygens (including phenoxy) is 1. The molecule has 3 N–H and O–H groups in total. The molecule has 1 aliphatic rings. The summed E-state index contributed by atoms with van der Waals surface area (Å²) < 4.78 is 6.51. The van der Waals surface area contributed by atoms with Gasteiger partial charge in [-0.3, -0.25) is 4.79 Å². The second kappa shape index (κ2) is 8.35. The van der Waals surface area contributed by atoms with Gasteiger partial charge in [-0.1, -0.05) is 13.8 Å². The molecule has 0 saturated heterocycles. The first-order valence-corrected chi connectivity index (χ1v) is 8.44. The maximum Gasteiger partial charge on any atom is 0.327 e. The van der Waals surface area contributed by atoms with Crippen molar-refractivity contribution >= 4 is 5.97 Å². The van der Waals surface area contributed by atoms with Gasteiger partial charge in [-0.2, -0.15) is 0 Å². The largest absolute Gasteiger partial charge is 0.465 e. The lowest BCUT2D eigenvalue weighted by Crippen LogP contribution is -2.41. The van der Waals surface area contributed by atoms with Crippen LogP contribution >= 0.6 is 0 Å². The summed E-state index contributed by atoms with van der Waals surface area (Å²) in [6, 6.07) is 0.730. The van der Waals surface area contributed by atoms with Crippen LogP contribution < -0.4 is 11.1 Å². The zero-order chi connectivity index (χ0) is 16.8. The molecule has 1 fully saturated rings. The maximum absolute atomic E-state index is 11.7. The van der Waals surface area contributed by atoms with Crippen LogP contribution in [0.2, 0.25) is 0 Å². The third-order valence-corrected chi connectivity index (χ3v) is 4.28. The fourth-order valence-corrected chi connectivity index (χ4v) is 2.98. The van der Waals surface area contributed by atoms with Gasteiger partial charge in [0.25, 0.3) is 0 Å². The number of nitrogens with zero attached hydrogens (tertiary/aromatic N) is 4. The van der Waals surface area contributed by atoms with Gasteiger partial charge >= 0.3 is 5.97 Å². The van der Waals surface area contributed by atoms with Crippen LogP contribution in [0.5, 0.6) is 0 Å². The first-order valence-electron chi connectivity index (χ1n) is 8.44. The van der Waals surface area contributed by atoms with Gasteiger partial charge in [0.05, 0.1) is 12.6 Å². The molecule has 8 heteroatoms. The molecule has 0 amide bonds. The SMILES string of the molecule is CCOC(=O)Cn1nnnc1C(NC1CCC(N)CC1)C(C)C. The van der Waals surface area contributed by atoms with E-state index in [1.165, 1.54) is 4.68 Å². The number of aromatic nitrogens is 4. The minimum Gasteiger partial charge on any atom is -0.465 e. The van der Waals surface area contributed by atoms with E-state index < -0.39 is 0 Å². The van der Waals surface area contributed by atoms with Gasteiger partial charge in [0.15, 0.2) is 5.82 Å². The smallest absolute Gasteiger partial charge is 0.327 e. The van der Waals surface area contributed by atoms with Crippen molar-refractivity contribution in [2.45, 2.75) is 71.1 Å². The number of tetrazole rings is 1. The van der Waals surface area contributed by atoms with Gasteiger partial charge in [0.2, 0.25) is 0 Å². The lowest BCUT2D eigenvalue weighted by molar-refractivity contribution is -0.144. The van der Waals surface area contributed by atoms with Crippen LogP contribution in [0, 0.1) is 5.92 Å². The third kappa shape index (κ3) is 4.97. The Hall–Kier alpha value is -1.54. The molecule has 2 rings (SSSR count). The first-order chi connectivity index (χ1) is 11.0. The molecule has 1 saturated carbocycles. The summed E-state index contributed by atoms with van der Waals surface area (Å²) in [5, 5.41) is 15.5. The summed E-state index contributed by atoms with van der Waals surface area (Å²) in [6.45, 7) is 6.41. The summed E-state index contributed by atoms with van der Waals surface area (Å²) in [6.07, 6.45) is 4.19. The van der Waals surface area contributed by atoms with E-state index >= 15 is 0 Å². The van der Waals surface area contributed by atoms with Gasteiger partial charge in [-0.25, -0.2) is 4.68 Å². The maximum atomic E-state index is 11.7.